The number of amides is 1. The normalized spacial score (nSPS) is 12.2. The fourth-order valence-electron chi connectivity index (χ4n) is 3.58. The number of carboxylic acids is 1. The number of aliphatic carboxylic acids is 1. The Hall–Kier alpha value is -3.94. The van der Waals surface area contributed by atoms with E-state index in [0.717, 1.165) is 16.9 Å². The highest BCUT2D eigenvalue weighted by Crippen LogP contribution is 2.25. The number of rotatable bonds is 11. The maximum atomic E-state index is 12.1. The van der Waals surface area contributed by atoms with E-state index in [1.165, 1.54) is 5.56 Å². The highest BCUT2D eigenvalue weighted by Gasteiger charge is 2.16. The van der Waals surface area contributed by atoms with E-state index >= 15 is 0 Å². The monoisotopic (exact) mass is 504 g/mol. The summed E-state index contributed by atoms with van der Waals surface area (Å²) in [6.45, 7) is 11.2. The van der Waals surface area contributed by atoms with Crippen molar-refractivity contribution >= 4 is 17.6 Å². The van der Waals surface area contributed by atoms with Crippen LogP contribution in [-0.2, 0) is 10.2 Å². The molecule has 0 saturated heterocycles. The zero-order valence-electron chi connectivity index (χ0n) is 22.1. The van der Waals surface area contributed by atoms with Crippen LogP contribution >= 0.6 is 0 Å². The van der Waals surface area contributed by atoms with Crippen LogP contribution in [0.5, 0.6) is 5.88 Å². The van der Waals surface area contributed by atoms with Crippen LogP contribution in [0.1, 0.15) is 57.0 Å². The Balaban J connectivity index is 1.55. The summed E-state index contributed by atoms with van der Waals surface area (Å²) in [6.07, 6.45) is -0.112. The lowest BCUT2D eigenvalue weighted by Gasteiger charge is -2.23. The van der Waals surface area contributed by atoms with Crippen LogP contribution in [0.3, 0.4) is 0 Å². The third kappa shape index (κ3) is 8.31. The van der Waals surface area contributed by atoms with Crippen LogP contribution in [0.15, 0.2) is 60.7 Å². The molecular weight excluding hydrogens is 468 g/mol. The van der Waals surface area contributed by atoms with Crippen molar-refractivity contribution in [2.45, 2.75) is 52.5 Å². The van der Waals surface area contributed by atoms with Gasteiger partial charge in [-0.05, 0) is 47.2 Å². The number of aromatic nitrogens is 2. The molecule has 1 aromatic heterocycles. The van der Waals surface area contributed by atoms with Crippen LogP contribution in [0.4, 0.5) is 5.69 Å². The molecule has 37 heavy (non-hydrogen) atoms. The minimum Gasteiger partial charge on any atom is -0.481 e. The van der Waals surface area contributed by atoms with E-state index in [4.69, 9.17) is 9.84 Å². The van der Waals surface area contributed by atoms with Gasteiger partial charge in [0.15, 0.2) is 0 Å². The van der Waals surface area contributed by atoms with Crippen molar-refractivity contribution in [2.75, 3.05) is 18.5 Å². The second-order valence-electron chi connectivity index (χ2n) is 10.4. The number of ether oxygens (including phenoxy) is 1. The van der Waals surface area contributed by atoms with E-state index < -0.39 is 5.97 Å². The Morgan fingerprint density at radius 2 is 1.62 bits per heavy atom. The minimum absolute atomic E-state index is 0.00154. The Labute approximate surface area is 218 Å². The van der Waals surface area contributed by atoms with E-state index in [2.05, 4.69) is 79.7 Å². The maximum Gasteiger partial charge on any atom is 0.305 e. The molecule has 3 rings (SSSR count). The molecule has 0 aliphatic heterocycles. The third-order valence-electron chi connectivity index (χ3n) is 6.03. The molecule has 1 atom stereocenters. The summed E-state index contributed by atoms with van der Waals surface area (Å²) >= 11 is 0. The van der Waals surface area contributed by atoms with Gasteiger partial charge in [-0.3, -0.25) is 9.59 Å². The van der Waals surface area contributed by atoms with Crippen LogP contribution in [0.25, 0.3) is 11.3 Å². The number of anilines is 1. The summed E-state index contributed by atoms with van der Waals surface area (Å²) in [5.41, 5.74) is 4.49. The quantitative estimate of drug-likeness (QED) is 0.330. The van der Waals surface area contributed by atoms with Gasteiger partial charge < -0.3 is 20.5 Å². The van der Waals surface area contributed by atoms with Crippen molar-refractivity contribution in [2.24, 2.45) is 5.92 Å². The number of nitrogens with zero attached hydrogens (tertiary/aromatic N) is 2. The first kappa shape index (κ1) is 27.6. The Kier molecular flexibility index (Phi) is 9.22. The van der Waals surface area contributed by atoms with Gasteiger partial charge in [-0.25, -0.2) is 0 Å². The molecule has 8 heteroatoms. The summed E-state index contributed by atoms with van der Waals surface area (Å²) in [7, 11) is 0. The lowest BCUT2D eigenvalue weighted by molar-refractivity contribution is -0.136. The summed E-state index contributed by atoms with van der Waals surface area (Å²) in [6, 6.07) is 19.2. The SMILES string of the molecule is CC(C)C(COc1ccc(-c2ccc(C(C)(C)C)cc2)nn1)Nc1ccc(C(=O)NCCC(=O)O)cc1. The molecule has 3 N–H and O–H groups in total. The number of carbonyl (C=O) groups is 2. The summed E-state index contributed by atoms with van der Waals surface area (Å²) in [5.74, 6) is -0.526. The second kappa shape index (κ2) is 12.3. The number of nitrogens with one attached hydrogen (secondary N) is 2. The molecule has 0 aliphatic carbocycles. The van der Waals surface area contributed by atoms with Gasteiger partial charge in [-0.15, -0.1) is 10.2 Å². The predicted octanol–water partition coefficient (Wildman–Crippen LogP) is 5.16. The smallest absolute Gasteiger partial charge is 0.305 e. The molecule has 0 radical (unpaired) electrons. The van der Waals surface area contributed by atoms with Gasteiger partial charge in [0.05, 0.1) is 18.2 Å². The summed E-state index contributed by atoms with van der Waals surface area (Å²) in [5, 5.41) is 23.3. The van der Waals surface area contributed by atoms with Crippen molar-refractivity contribution in [1.82, 2.24) is 15.5 Å². The molecule has 2 aromatic carbocycles. The number of benzene rings is 2. The highest BCUT2D eigenvalue weighted by molar-refractivity contribution is 5.94. The van der Waals surface area contributed by atoms with Gasteiger partial charge in [-0.2, -0.15) is 0 Å². The van der Waals surface area contributed by atoms with Crippen LogP contribution in [0, 0.1) is 5.92 Å². The molecule has 196 valence electrons. The lowest BCUT2D eigenvalue weighted by atomic mass is 9.86. The largest absolute Gasteiger partial charge is 0.481 e. The maximum absolute atomic E-state index is 12.1. The molecule has 0 aliphatic rings. The number of carboxylic acid groups (broad SMARTS) is 1. The average molecular weight is 505 g/mol. The topological polar surface area (TPSA) is 113 Å². The first-order chi connectivity index (χ1) is 17.5. The molecule has 1 heterocycles. The van der Waals surface area contributed by atoms with E-state index in [1.807, 2.05) is 24.3 Å². The molecule has 3 aromatic rings. The Morgan fingerprint density at radius 3 is 2.16 bits per heavy atom. The third-order valence-corrected chi connectivity index (χ3v) is 6.03. The molecule has 0 saturated carbocycles. The van der Waals surface area contributed by atoms with Gasteiger partial charge in [0.2, 0.25) is 5.88 Å². The zero-order valence-corrected chi connectivity index (χ0v) is 22.1. The van der Waals surface area contributed by atoms with Crippen molar-refractivity contribution < 1.29 is 19.4 Å². The zero-order chi connectivity index (χ0) is 27.0. The van der Waals surface area contributed by atoms with E-state index in [1.54, 1.807) is 12.1 Å². The number of hydrogen-bond acceptors (Lipinski definition) is 6. The van der Waals surface area contributed by atoms with Gasteiger partial charge in [0.1, 0.15) is 6.61 Å². The van der Waals surface area contributed by atoms with Crippen LogP contribution in [0.2, 0.25) is 0 Å². The molecule has 8 nitrogen and oxygen atoms in total. The predicted molar refractivity (Wildman–Crippen MR) is 145 cm³/mol. The number of hydrogen-bond donors (Lipinski definition) is 3. The van der Waals surface area contributed by atoms with Gasteiger partial charge in [-0.1, -0.05) is 58.9 Å². The highest BCUT2D eigenvalue weighted by atomic mass is 16.5. The lowest BCUT2D eigenvalue weighted by Crippen LogP contribution is -2.32. The molecule has 0 spiro atoms. The molecule has 1 amide bonds. The standard InChI is InChI=1S/C29H36N4O4/c1-19(2)25(31-23-12-8-21(9-13-23)28(36)30-17-16-27(34)35)18-37-26-15-14-24(32-33-26)20-6-10-22(11-7-20)29(3,4)5/h6-15,19,25,31H,16-18H2,1-5H3,(H,30,36)(H,34,35). The Bertz CT molecular complexity index is 1170. The van der Waals surface area contributed by atoms with Crippen molar-refractivity contribution in [3.8, 4) is 17.1 Å². The average Bonchev–Trinajstić information content (AvgIpc) is 2.86. The van der Waals surface area contributed by atoms with Crippen molar-refractivity contribution in [3.05, 3.63) is 71.8 Å². The van der Waals surface area contributed by atoms with Crippen molar-refractivity contribution in [1.29, 1.82) is 0 Å². The second-order valence-corrected chi connectivity index (χ2v) is 10.4. The fraction of sp³-hybridized carbons (Fsp3) is 0.379. The summed E-state index contributed by atoms with van der Waals surface area (Å²) in [4.78, 5) is 22.7. The molecule has 0 fully saturated rings. The first-order valence-electron chi connectivity index (χ1n) is 12.5. The van der Waals surface area contributed by atoms with E-state index in [9.17, 15) is 9.59 Å². The molecule has 1 unspecified atom stereocenters. The van der Waals surface area contributed by atoms with Crippen LogP contribution in [-0.4, -0.2) is 46.4 Å². The minimum atomic E-state index is -0.949. The first-order valence-corrected chi connectivity index (χ1v) is 12.5. The van der Waals surface area contributed by atoms with E-state index in [-0.39, 0.29) is 36.2 Å². The van der Waals surface area contributed by atoms with E-state index in [0.29, 0.717) is 18.1 Å². The number of carbonyl (C=O) groups excluding carboxylic acids is 1. The van der Waals surface area contributed by atoms with Crippen LogP contribution < -0.4 is 15.4 Å². The van der Waals surface area contributed by atoms with Crippen molar-refractivity contribution in [3.63, 3.8) is 0 Å². The molecule has 0 bridgehead atoms. The van der Waals surface area contributed by atoms with Gasteiger partial charge in [0.25, 0.3) is 5.91 Å². The fourth-order valence-corrected chi connectivity index (χ4v) is 3.58. The Morgan fingerprint density at radius 1 is 0.946 bits per heavy atom. The van der Waals surface area contributed by atoms with Gasteiger partial charge in [0, 0.05) is 29.4 Å². The summed E-state index contributed by atoms with van der Waals surface area (Å²) < 4.78 is 5.93. The van der Waals surface area contributed by atoms with Gasteiger partial charge >= 0.3 is 5.97 Å². The molecular formula is C29H36N4O4.